The summed E-state index contributed by atoms with van der Waals surface area (Å²) in [7, 11) is 0. The molecule has 0 saturated carbocycles. The summed E-state index contributed by atoms with van der Waals surface area (Å²) in [5.41, 5.74) is 5.64. The summed E-state index contributed by atoms with van der Waals surface area (Å²) in [6.07, 6.45) is 1.32. The summed E-state index contributed by atoms with van der Waals surface area (Å²) in [5.74, 6) is -0.658. The monoisotopic (exact) mass is 176 g/mol. The number of primary amides is 1. The third kappa shape index (κ3) is 2.25. The van der Waals surface area contributed by atoms with Gasteiger partial charge in [0, 0.05) is 0 Å². The van der Waals surface area contributed by atoms with Gasteiger partial charge in [0.25, 0.3) is 0 Å². The molecule has 66 valence electrons. The Hall–Kier alpha value is -1.93. The molecule has 0 spiro atoms. The predicted molar refractivity (Wildman–Crippen MR) is 46.5 cm³/mol. The van der Waals surface area contributed by atoms with Crippen LogP contribution >= 0.6 is 0 Å². The largest absolute Gasteiger partial charge is 0.367 e. The van der Waals surface area contributed by atoms with Crippen molar-refractivity contribution in [2.45, 2.75) is 6.04 Å². The minimum atomic E-state index is -0.918. The van der Waals surface area contributed by atoms with Crippen molar-refractivity contribution >= 4 is 12.0 Å². The fraction of sp³-hybridized carbons (Fsp3) is 0.111. The topological polar surface area (TPSA) is 72.5 Å². The van der Waals surface area contributed by atoms with Crippen LogP contribution in [0.1, 0.15) is 11.6 Å². The van der Waals surface area contributed by atoms with Crippen molar-refractivity contribution in [3.8, 4) is 0 Å². The average Bonchev–Trinajstić information content (AvgIpc) is 2.15. The Balaban J connectivity index is 3.02. The molecule has 1 rings (SSSR count). The van der Waals surface area contributed by atoms with E-state index >= 15 is 0 Å². The molecule has 1 atom stereocenters. The van der Waals surface area contributed by atoms with Gasteiger partial charge in [0.2, 0.25) is 12.0 Å². The van der Waals surface area contributed by atoms with Gasteiger partial charge in [0.1, 0.15) is 0 Å². The minimum Gasteiger partial charge on any atom is -0.367 e. The van der Waals surface area contributed by atoms with E-state index in [1.54, 1.807) is 30.3 Å². The van der Waals surface area contributed by atoms with Gasteiger partial charge in [-0.15, -0.1) is 0 Å². The van der Waals surface area contributed by atoms with Crippen LogP contribution in [0.3, 0.4) is 0 Å². The summed E-state index contributed by atoms with van der Waals surface area (Å²) in [4.78, 5) is 24.1. The van der Waals surface area contributed by atoms with Crippen LogP contribution in [-0.4, -0.2) is 12.0 Å². The number of nitrogens with two attached hydrogens (primary N) is 1. The molecule has 0 aromatic heterocycles. The lowest BCUT2D eigenvalue weighted by molar-refractivity contribution is -0.119. The molecule has 0 aliphatic rings. The Bertz CT molecular complexity index is 340. The molecule has 4 nitrogen and oxygen atoms in total. The maximum atomic E-state index is 10.8. The Labute approximate surface area is 75.1 Å². The van der Waals surface area contributed by atoms with Gasteiger partial charge in [-0.3, -0.25) is 4.79 Å². The predicted octanol–water partition coefficient (Wildman–Crippen LogP) is 0.549. The summed E-state index contributed by atoms with van der Waals surface area (Å²) in [5, 5.41) is 0. The first-order valence-electron chi connectivity index (χ1n) is 3.67. The van der Waals surface area contributed by atoms with E-state index < -0.39 is 11.9 Å². The van der Waals surface area contributed by atoms with Gasteiger partial charge in [-0.1, -0.05) is 30.3 Å². The van der Waals surface area contributed by atoms with Crippen molar-refractivity contribution in [3.63, 3.8) is 0 Å². The smallest absolute Gasteiger partial charge is 0.247 e. The van der Waals surface area contributed by atoms with Crippen LogP contribution in [-0.2, 0) is 9.59 Å². The average molecular weight is 176 g/mol. The maximum absolute atomic E-state index is 10.8. The van der Waals surface area contributed by atoms with Crippen LogP contribution in [0.2, 0.25) is 0 Å². The zero-order chi connectivity index (χ0) is 9.68. The van der Waals surface area contributed by atoms with E-state index in [-0.39, 0.29) is 0 Å². The van der Waals surface area contributed by atoms with E-state index in [2.05, 4.69) is 4.99 Å². The summed E-state index contributed by atoms with van der Waals surface area (Å²) >= 11 is 0. The number of hydrogen-bond acceptors (Lipinski definition) is 3. The van der Waals surface area contributed by atoms with Crippen molar-refractivity contribution in [2.75, 3.05) is 0 Å². The molecule has 1 unspecified atom stereocenters. The van der Waals surface area contributed by atoms with Crippen molar-refractivity contribution in [1.82, 2.24) is 0 Å². The lowest BCUT2D eigenvalue weighted by Gasteiger charge is -2.04. The standard InChI is InChI=1S/C9H8N2O2/c10-9(13)8(11-6-12)7-4-2-1-3-5-7/h1-5,8H,(H2,10,13). The SMILES string of the molecule is NC(=O)C(N=C=O)c1ccccc1. The molecule has 0 bridgehead atoms. The van der Waals surface area contributed by atoms with E-state index in [9.17, 15) is 9.59 Å². The first-order chi connectivity index (χ1) is 6.25. The lowest BCUT2D eigenvalue weighted by atomic mass is 10.1. The van der Waals surface area contributed by atoms with Crippen molar-refractivity contribution < 1.29 is 9.59 Å². The number of rotatable bonds is 3. The van der Waals surface area contributed by atoms with E-state index in [0.717, 1.165) is 0 Å². The second kappa shape index (κ2) is 4.18. The zero-order valence-corrected chi connectivity index (χ0v) is 6.81. The number of hydrogen-bond donors (Lipinski definition) is 1. The van der Waals surface area contributed by atoms with Crippen molar-refractivity contribution in [2.24, 2.45) is 10.7 Å². The van der Waals surface area contributed by atoms with E-state index in [1.807, 2.05) is 0 Å². The van der Waals surface area contributed by atoms with Gasteiger partial charge < -0.3 is 5.73 Å². The number of aliphatic imine (C=N–C) groups is 1. The molecule has 0 fully saturated rings. The highest BCUT2D eigenvalue weighted by atomic mass is 16.1. The summed E-state index contributed by atoms with van der Waals surface area (Å²) in [6, 6.07) is 7.72. The van der Waals surface area contributed by atoms with Crippen LogP contribution in [0.4, 0.5) is 0 Å². The Kier molecular flexibility index (Phi) is 2.95. The molecular formula is C9H8N2O2. The molecule has 1 amide bonds. The number of carbonyl (C=O) groups excluding carboxylic acids is 2. The molecule has 0 aliphatic carbocycles. The highest BCUT2D eigenvalue weighted by molar-refractivity contribution is 5.82. The quantitative estimate of drug-likeness (QED) is 0.539. The molecule has 0 aliphatic heterocycles. The Morgan fingerprint density at radius 1 is 1.38 bits per heavy atom. The molecule has 13 heavy (non-hydrogen) atoms. The number of carbonyl (C=O) groups is 1. The second-order valence-electron chi connectivity index (χ2n) is 2.44. The maximum Gasteiger partial charge on any atom is 0.247 e. The van der Waals surface area contributed by atoms with Gasteiger partial charge in [-0.2, -0.15) is 4.99 Å². The Morgan fingerprint density at radius 2 is 2.00 bits per heavy atom. The highest BCUT2D eigenvalue weighted by Crippen LogP contribution is 2.15. The highest BCUT2D eigenvalue weighted by Gasteiger charge is 2.15. The van der Waals surface area contributed by atoms with E-state index in [0.29, 0.717) is 5.56 Å². The van der Waals surface area contributed by atoms with Gasteiger partial charge in [0.05, 0.1) is 0 Å². The van der Waals surface area contributed by atoms with E-state index in [1.165, 1.54) is 6.08 Å². The van der Waals surface area contributed by atoms with Crippen LogP contribution in [0.5, 0.6) is 0 Å². The molecule has 2 N–H and O–H groups in total. The molecule has 0 saturated heterocycles. The lowest BCUT2D eigenvalue weighted by Crippen LogP contribution is -2.19. The Morgan fingerprint density at radius 3 is 2.46 bits per heavy atom. The molecular weight excluding hydrogens is 168 g/mol. The van der Waals surface area contributed by atoms with Gasteiger partial charge in [-0.05, 0) is 5.56 Å². The minimum absolute atomic E-state index is 0.596. The molecule has 1 aromatic carbocycles. The second-order valence-corrected chi connectivity index (χ2v) is 2.44. The number of benzene rings is 1. The van der Waals surface area contributed by atoms with Crippen LogP contribution in [0.15, 0.2) is 35.3 Å². The van der Waals surface area contributed by atoms with Crippen molar-refractivity contribution in [3.05, 3.63) is 35.9 Å². The van der Waals surface area contributed by atoms with Gasteiger partial charge in [0.15, 0.2) is 6.04 Å². The number of nitrogens with zero attached hydrogens (tertiary/aromatic N) is 1. The van der Waals surface area contributed by atoms with Crippen LogP contribution in [0.25, 0.3) is 0 Å². The molecule has 1 aromatic rings. The third-order valence-corrected chi connectivity index (χ3v) is 1.57. The summed E-state index contributed by atoms with van der Waals surface area (Å²) in [6.45, 7) is 0. The number of isocyanates is 1. The summed E-state index contributed by atoms with van der Waals surface area (Å²) < 4.78 is 0. The van der Waals surface area contributed by atoms with Gasteiger partial charge >= 0.3 is 0 Å². The van der Waals surface area contributed by atoms with Crippen molar-refractivity contribution in [1.29, 1.82) is 0 Å². The molecule has 0 radical (unpaired) electrons. The fourth-order valence-electron chi connectivity index (χ4n) is 0.990. The molecule has 0 heterocycles. The first-order valence-corrected chi connectivity index (χ1v) is 3.67. The number of amides is 1. The first kappa shape index (κ1) is 9.16. The fourth-order valence-corrected chi connectivity index (χ4v) is 0.990. The zero-order valence-electron chi connectivity index (χ0n) is 6.81. The molecule has 4 heteroatoms. The van der Waals surface area contributed by atoms with Crippen LogP contribution in [0, 0.1) is 0 Å². The van der Waals surface area contributed by atoms with Crippen LogP contribution < -0.4 is 5.73 Å². The van der Waals surface area contributed by atoms with Gasteiger partial charge in [-0.25, -0.2) is 4.79 Å². The normalized spacial score (nSPS) is 11.4. The van der Waals surface area contributed by atoms with E-state index in [4.69, 9.17) is 5.73 Å². The third-order valence-electron chi connectivity index (χ3n) is 1.57.